The van der Waals surface area contributed by atoms with Crippen molar-refractivity contribution in [2.75, 3.05) is 0 Å². The lowest BCUT2D eigenvalue weighted by molar-refractivity contribution is -0.137. The van der Waals surface area contributed by atoms with Crippen LogP contribution < -0.4 is 10.1 Å². The van der Waals surface area contributed by atoms with E-state index in [1.165, 1.54) is 11.6 Å². The number of pyridine rings is 2. The third-order valence-corrected chi connectivity index (χ3v) is 6.29. The molecule has 3 aromatic rings. The Bertz CT molecular complexity index is 1210. The average Bonchev–Trinajstić information content (AvgIpc) is 2.84. The van der Waals surface area contributed by atoms with Crippen LogP contribution in [0.25, 0.3) is 5.57 Å². The molecule has 0 aliphatic heterocycles. The standard InChI is InChI=1S/C27H26F3N3O2/c1-17-13-22(33-26(34)20-6-4-12-31-15-20)9-10-24(17)18(2)19-5-3-7-23(14-19)35-25-11-8-21(16-32-25)27(28,29)30/h3-8,11-12,14-17,22H,9-10,13H2,1-2H3,(H,33,34)/b24-18-. The molecule has 2 atom stereocenters. The van der Waals surface area contributed by atoms with Crippen LogP contribution in [0.3, 0.4) is 0 Å². The first-order valence-electron chi connectivity index (χ1n) is 11.4. The van der Waals surface area contributed by atoms with E-state index in [9.17, 15) is 18.0 Å². The van der Waals surface area contributed by atoms with E-state index in [-0.39, 0.29) is 23.7 Å². The Labute approximate surface area is 202 Å². The quantitative estimate of drug-likeness (QED) is 0.442. The number of allylic oxidation sites excluding steroid dienone is 2. The summed E-state index contributed by atoms with van der Waals surface area (Å²) in [4.78, 5) is 20.3. The highest BCUT2D eigenvalue weighted by Gasteiger charge is 2.31. The summed E-state index contributed by atoms with van der Waals surface area (Å²) < 4.78 is 44.0. The maximum atomic E-state index is 12.8. The van der Waals surface area contributed by atoms with Gasteiger partial charge in [-0.1, -0.05) is 24.6 Å². The van der Waals surface area contributed by atoms with Gasteiger partial charge in [-0.3, -0.25) is 9.78 Å². The van der Waals surface area contributed by atoms with Crippen LogP contribution in [0.2, 0.25) is 0 Å². The van der Waals surface area contributed by atoms with Gasteiger partial charge in [0.25, 0.3) is 5.91 Å². The molecule has 0 radical (unpaired) electrons. The summed E-state index contributed by atoms with van der Waals surface area (Å²) in [5, 5.41) is 3.12. The molecule has 1 N–H and O–H groups in total. The Morgan fingerprint density at radius 3 is 2.54 bits per heavy atom. The van der Waals surface area contributed by atoms with Gasteiger partial charge in [0, 0.05) is 30.7 Å². The molecule has 2 unspecified atom stereocenters. The zero-order valence-corrected chi connectivity index (χ0v) is 19.5. The molecule has 0 spiro atoms. The second-order valence-corrected chi connectivity index (χ2v) is 8.75. The van der Waals surface area contributed by atoms with Crippen LogP contribution in [0.4, 0.5) is 13.2 Å². The normalized spacial score (nSPS) is 19.7. The third-order valence-electron chi connectivity index (χ3n) is 6.29. The van der Waals surface area contributed by atoms with E-state index in [2.05, 4.69) is 29.1 Å². The molecule has 2 heterocycles. The Kier molecular flexibility index (Phi) is 7.19. The first-order chi connectivity index (χ1) is 16.7. The molecule has 2 aromatic heterocycles. The molecule has 4 rings (SSSR count). The first kappa shape index (κ1) is 24.4. The highest BCUT2D eigenvalue weighted by Crippen LogP contribution is 2.36. The van der Waals surface area contributed by atoms with Crippen molar-refractivity contribution < 1.29 is 22.7 Å². The van der Waals surface area contributed by atoms with Crippen molar-refractivity contribution in [2.45, 2.75) is 45.3 Å². The predicted molar refractivity (Wildman–Crippen MR) is 127 cm³/mol. The molecule has 1 fully saturated rings. The molecule has 0 saturated heterocycles. The van der Waals surface area contributed by atoms with E-state index in [0.29, 0.717) is 11.3 Å². The number of nitrogens with one attached hydrogen (secondary N) is 1. The molecule has 182 valence electrons. The molecule has 8 heteroatoms. The number of rotatable bonds is 5. The lowest BCUT2D eigenvalue weighted by atomic mass is 9.79. The second-order valence-electron chi connectivity index (χ2n) is 8.75. The van der Waals surface area contributed by atoms with Crippen LogP contribution in [-0.2, 0) is 6.18 Å². The summed E-state index contributed by atoms with van der Waals surface area (Å²) >= 11 is 0. The Morgan fingerprint density at radius 2 is 1.89 bits per heavy atom. The van der Waals surface area contributed by atoms with E-state index in [0.717, 1.165) is 42.7 Å². The van der Waals surface area contributed by atoms with Gasteiger partial charge < -0.3 is 10.1 Å². The van der Waals surface area contributed by atoms with Crippen molar-refractivity contribution in [1.82, 2.24) is 15.3 Å². The molecule has 1 amide bonds. The smallest absolute Gasteiger partial charge is 0.417 e. The van der Waals surface area contributed by atoms with E-state index >= 15 is 0 Å². The van der Waals surface area contributed by atoms with Crippen LogP contribution in [0.1, 0.15) is 54.6 Å². The topological polar surface area (TPSA) is 64.1 Å². The van der Waals surface area contributed by atoms with Gasteiger partial charge in [-0.15, -0.1) is 0 Å². The second kappa shape index (κ2) is 10.3. The SMILES string of the molecule is C/C(=C1\CCC(NC(=O)c2cccnc2)CC1C)c1cccc(Oc2ccc(C(F)(F)F)cn2)c1. The van der Waals surface area contributed by atoms with Crippen molar-refractivity contribution in [1.29, 1.82) is 0 Å². The highest BCUT2D eigenvalue weighted by molar-refractivity contribution is 5.94. The van der Waals surface area contributed by atoms with Crippen molar-refractivity contribution >= 4 is 11.5 Å². The zero-order chi connectivity index (χ0) is 25.0. The van der Waals surface area contributed by atoms with Crippen molar-refractivity contribution in [3.8, 4) is 11.6 Å². The molecule has 1 aromatic carbocycles. The molecular formula is C27H26F3N3O2. The van der Waals surface area contributed by atoms with Crippen LogP contribution >= 0.6 is 0 Å². The number of amides is 1. The van der Waals surface area contributed by atoms with Gasteiger partial charge >= 0.3 is 6.18 Å². The number of benzene rings is 1. The molecule has 5 nitrogen and oxygen atoms in total. The van der Waals surface area contributed by atoms with Crippen LogP contribution in [0.5, 0.6) is 11.6 Å². The molecular weight excluding hydrogens is 455 g/mol. The van der Waals surface area contributed by atoms with Gasteiger partial charge in [-0.2, -0.15) is 13.2 Å². The summed E-state index contributed by atoms with van der Waals surface area (Å²) in [5.74, 6) is 0.767. The Morgan fingerprint density at radius 1 is 1.09 bits per heavy atom. The van der Waals surface area contributed by atoms with Crippen LogP contribution in [0, 0.1) is 5.92 Å². The monoisotopic (exact) mass is 481 g/mol. The number of halogens is 3. The molecule has 0 bridgehead atoms. The largest absolute Gasteiger partial charge is 0.439 e. The van der Waals surface area contributed by atoms with Crippen molar-refractivity contribution in [2.24, 2.45) is 5.92 Å². The van der Waals surface area contributed by atoms with Crippen LogP contribution in [0.15, 0.2) is 72.7 Å². The maximum Gasteiger partial charge on any atom is 0.417 e. The molecule has 1 saturated carbocycles. The minimum Gasteiger partial charge on any atom is -0.439 e. The molecule has 35 heavy (non-hydrogen) atoms. The van der Waals surface area contributed by atoms with Gasteiger partial charge in [0.15, 0.2) is 0 Å². The first-order valence-corrected chi connectivity index (χ1v) is 11.4. The van der Waals surface area contributed by atoms with E-state index in [4.69, 9.17) is 4.74 Å². The third kappa shape index (κ3) is 6.07. The van der Waals surface area contributed by atoms with Crippen molar-refractivity contribution in [3.63, 3.8) is 0 Å². The summed E-state index contributed by atoms with van der Waals surface area (Å²) in [5.41, 5.74) is 3.17. The van der Waals surface area contributed by atoms with Crippen molar-refractivity contribution in [3.05, 3.63) is 89.4 Å². The lowest BCUT2D eigenvalue weighted by Crippen LogP contribution is -2.38. The van der Waals surface area contributed by atoms with Gasteiger partial charge in [-0.05, 0) is 73.6 Å². The summed E-state index contributed by atoms with van der Waals surface area (Å²) in [6, 6.07) is 13.2. The van der Waals surface area contributed by atoms with Crippen LogP contribution in [-0.4, -0.2) is 21.9 Å². The van der Waals surface area contributed by atoms with Gasteiger partial charge in [0.2, 0.25) is 5.88 Å². The molecule has 1 aliphatic rings. The van der Waals surface area contributed by atoms with E-state index < -0.39 is 11.7 Å². The minimum atomic E-state index is -4.44. The van der Waals surface area contributed by atoms with Gasteiger partial charge in [0.05, 0.1) is 11.1 Å². The summed E-state index contributed by atoms with van der Waals surface area (Å²) in [6.07, 6.45) is 2.06. The van der Waals surface area contributed by atoms with Gasteiger partial charge in [0.1, 0.15) is 5.75 Å². The minimum absolute atomic E-state index is 0.0923. The average molecular weight is 482 g/mol. The number of nitrogens with zero attached hydrogens (tertiary/aromatic N) is 2. The maximum absolute atomic E-state index is 12.8. The van der Waals surface area contributed by atoms with E-state index in [1.807, 2.05) is 18.2 Å². The Hall–Kier alpha value is -3.68. The number of hydrogen-bond donors (Lipinski definition) is 1. The predicted octanol–water partition coefficient (Wildman–Crippen LogP) is 6.68. The van der Waals surface area contributed by atoms with Gasteiger partial charge in [-0.25, -0.2) is 4.98 Å². The number of alkyl halides is 3. The lowest BCUT2D eigenvalue weighted by Gasteiger charge is -2.31. The number of hydrogen-bond acceptors (Lipinski definition) is 4. The number of carbonyl (C=O) groups excluding carboxylic acids is 1. The number of carbonyl (C=O) groups is 1. The van der Waals surface area contributed by atoms with E-state index in [1.54, 1.807) is 30.6 Å². The summed E-state index contributed by atoms with van der Waals surface area (Å²) in [7, 11) is 0. The Balaban J connectivity index is 1.43. The fourth-order valence-electron chi connectivity index (χ4n) is 4.42. The number of ether oxygens (including phenoxy) is 1. The fraction of sp³-hybridized carbons (Fsp3) is 0.296. The summed E-state index contributed by atoms with van der Waals surface area (Å²) in [6.45, 7) is 4.23. The number of aromatic nitrogens is 2. The highest BCUT2D eigenvalue weighted by atomic mass is 19.4. The molecule has 1 aliphatic carbocycles. The zero-order valence-electron chi connectivity index (χ0n) is 19.5. The fourth-order valence-corrected chi connectivity index (χ4v) is 4.42.